The largest absolute Gasteiger partial charge is 0.416 e. The highest BCUT2D eigenvalue weighted by atomic mass is 32.2. The van der Waals surface area contributed by atoms with Crippen LogP contribution in [0.1, 0.15) is 16.7 Å². The molecule has 0 aliphatic carbocycles. The highest BCUT2D eigenvalue weighted by molar-refractivity contribution is 7.89. The summed E-state index contributed by atoms with van der Waals surface area (Å²) in [5.74, 6) is 5.92. The molecule has 180 valence electrons. The van der Waals surface area contributed by atoms with Crippen LogP contribution in [0.5, 0.6) is 0 Å². The maximum absolute atomic E-state index is 12.9. The molecule has 0 fully saturated rings. The standard InChI is InChI=1S/C24H25F3N4O2S/c1-29(2)14-15-30(3)34(32,33)22-7-5-6-18(16-22)8-9-20-17-28-31(4)23(20)19-10-12-21(13-11-19)24(25,26)27/h5-7,10-13,16-17H,14-15H2,1-4H3. The van der Waals surface area contributed by atoms with Gasteiger partial charge in [-0.05, 0) is 44.4 Å². The molecule has 1 aromatic heterocycles. The molecule has 0 spiro atoms. The van der Waals surface area contributed by atoms with E-state index in [2.05, 4.69) is 16.9 Å². The second kappa shape index (κ2) is 10.0. The van der Waals surface area contributed by atoms with E-state index in [1.165, 1.54) is 46.5 Å². The molecule has 6 nitrogen and oxygen atoms in total. The first-order valence-electron chi connectivity index (χ1n) is 10.3. The number of aryl methyl sites for hydroxylation is 1. The summed E-state index contributed by atoms with van der Waals surface area (Å²) in [6.07, 6.45) is -2.89. The molecule has 0 saturated carbocycles. The van der Waals surface area contributed by atoms with Crippen LogP contribution in [0.3, 0.4) is 0 Å². The number of alkyl halides is 3. The summed E-state index contributed by atoms with van der Waals surface area (Å²) in [4.78, 5) is 2.03. The SMILES string of the molecule is CN(C)CCN(C)S(=O)(=O)c1cccc(C#Cc2cnn(C)c2-c2ccc(C(F)(F)F)cc2)c1. The van der Waals surface area contributed by atoms with Crippen molar-refractivity contribution >= 4 is 10.0 Å². The number of nitrogens with zero attached hydrogens (tertiary/aromatic N) is 4. The fourth-order valence-corrected chi connectivity index (χ4v) is 4.41. The Kier molecular flexibility index (Phi) is 7.51. The van der Waals surface area contributed by atoms with E-state index in [0.717, 1.165) is 12.1 Å². The monoisotopic (exact) mass is 490 g/mol. The fourth-order valence-electron chi connectivity index (χ4n) is 3.20. The number of benzene rings is 2. The number of sulfonamides is 1. The van der Waals surface area contributed by atoms with E-state index >= 15 is 0 Å². The smallest absolute Gasteiger partial charge is 0.308 e. The first-order valence-corrected chi connectivity index (χ1v) is 11.8. The van der Waals surface area contributed by atoms with Gasteiger partial charge in [0, 0.05) is 38.3 Å². The number of aromatic nitrogens is 2. The van der Waals surface area contributed by atoms with Crippen molar-refractivity contribution in [1.29, 1.82) is 0 Å². The molecule has 0 bridgehead atoms. The lowest BCUT2D eigenvalue weighted by molar-refractivity contribution is -0.137. The molecular weight excluding hydrogens is 465 g/mol. The summed E-state index contributed by atoms with van der Waals surface area (Å²) in [5, 5.41) is 4.18. The average molecular weight is 491 g/mol. The van der Waals surface area contributed by atoms with Gasteiger partial charge < -0.3 is 4.90 Å². The third kappa shape index (κ3) is 5.86. The summed E-state index contributed by atoms with van der Waals surface area (Å²) in [6.45, 7) is 0.931. The minimum absolute atomic E-state index is 0.134. The lowest BCUT2D eigenvalue weighted by Crippen LogP contribution is -2.33. The van der Waals surface area contributed by atoms with Crippen molar-refractivity contribution in [2.45, 2.75) is 11.1 Å². The topological polar surface area (TPSA) is 58.4 Å². The van der Waals surface area contributed by atoms with Crippen molar-refractivity contribution in [3.8, 4) is 23.1 Å². The summed E-state index contributed by atoms with van der Waals surface area (Å²) in [7, 11) is 3.27. The van der Waals surface area contributed by atoms with Gasteiger partial charge in [-0.1, -0.05) is 30.0 Å². The molecule has 0 atom stereocenters. The Morgan fingerprint density at radius 1 is 1.00 bits per heavy atom. The van der Waals surface area contributed by atoms with Crippen molar-refractivity contribution in [2.24, 2.45) is 7.05 Å². The molecule has 3 rings (SSSR count). The lowest BCUT2D eigenvalue weighted by Gasteiger charge is -2.19. The van der Waals surface area contributed by atoms with Gasteiger partial charge >= 0.3 is 6.18 Å². The number of halogens is 3. The second-order valence-corrected chi connectivity index (χ2v) is 10.1. The summed E-state index contributed by atoms with van der Waals surface area (Å²) in [6, 6.07) is 11.1. The molecule has 3 aromatic rings. The lowest BCUT2D eigenvalue weighted by atomic mass is 10.1. The van der Waals surface area contributed by atoms with Crippen LogP contribution < -0.4 is 0 Å². The van der Waals surface area contributed by atoms with Crippen LogP contribution in [0.4, 0.5) is 13.2 Å². The van der Waals surface area contributed by atoms with Gasteiger partial charge in [-0.25, -0.2) is 8.42 Å². The first-order chi connectivity index (χ1) is 15.9. The normalized spacial score (nSPS) is 12.1. The van der Waals surface area contributed by atoms with Gasteiger partial charge in [0.05, 0.1) is 27.9 Å². The van der Waals surface area contributed by atoms with E-state index in [-0.39, 0.29) is 4.90 Å². The molecule has 0 radical (unpaired) electrons. The molecule has 0 aliphatic rings. The molecule has 10 heteroatoms. The van der Waals surface area contributed by atoms with Crippen LogP contribution in [-0.4, -0.2) is 61.6 Å². The highest BCUT2D eigenvalue weighted by Crippen LogP contribution is 2.31. The molecular formula is C24H25F3N4O2S. The van der Waals surface area contributed by atoms with Crippen molar-refractivity contribution in [2.75, 3.05) is 34.2 Å². The number of likely N-dealkylation sites (N-methyl/N-ethyl adjacent to an activating group) is 2. The van der Waals surface area contributed by atoms with Gasteiger partial charge in [-0.15, -0.1) is 0 Å². The Morgan fingerprint density at radius 2 is 1.68 bits per heavy atom. The number of hydrogen-bond donors (Lipinski definition) is 0. The maximum Gasteiger partial charge on any atom is 0.416 e. The van der Waals surface area contributed by atoms with Crippen molar-refractivity contribution in [1.82, 2.24) is 19.0 Å². The molecule has 0 aliphatic heterocycles. The van der Waals surface area contributed by atoms with Gasteiger partial charge in [0.2, 0.25) is 10.0 Å². The van der Waals surface area contributed by atoms with Crippen LogP contribution >= 0.6 is 0 Å². The van der Waals surface area contributed by atoms with Crippen molar-refractivity contribution in [3.05, 3.63) is 71.4 Å². The molecule has 1 heterocycles. The van der Waals surface area contributed by atoms with E-state index in [9.17, 15) is 21.6 Å². The number of hydrogen-bond acceptors (Lipinski definition) is 4. The Bertz CT molecular complexity index is 1320. The molecule has 0 N–H and O–H groups in total. The van der Waals surface area contributed by atoms with Crippen molar-refractivity contribution < 1.29 is 21.6 Å². The van der Waals surface area contributed by atoms with Gasteiger partial charge in [-0.2, -0.15) is 22.6 Å². The van der Waals surface area contributed by atoms with Gasteiger partial charge in [0.15, 0.2) is 0 Å². The zero-order chi connectivity index (χ0) is 25.1. The summed E-state index contributed by atoms with van der Waals surface area (Å²) in [5.41, 5.74) is 1.37. The van der Waals surface area contributed by atoms with Gasteiger partial charge in [0.1, 0.15) is 0 Å². The first kappa shape index (κ1) is 25.5. The Morgan fingerprint density at radius 3 is 2.29 bits per heavy atom. The minimum Gasteiger partial charge on any atom is -0.308 e. The molecule has 0 unspecified atom stereocenters. The zero-order valence-corrected chi connectivity index (χ0v) is 20.1. The Hall–Kier alpha value is -3.13. The van der Waals surface area contributed by atoms with Crippen LogP contribution in [0.25, 0.3) is 11.3 Å². The van der Waals surface area contributed by atoms with Crippen LogP contribution in [0.15, 0.2) is 59.6 Å². The fraction of sp³-hybridized carbons (Fsp3) is 0.292. The second-order valence-electron chi connectivity index (χ2n) is 8.01. The minimum atomic E-state index is -4.42. The quantitative estimate of drug-likeness (QED) is 0.495. The van der Waals surface area contributed by atoms with E-state index in [1.807, 2.05) is 19.0 Å². The van der Waals surface area contributed by atoms with Crippen LogP contribution in [0.2, 0.25) is 0 Å². The van der Waals surface area contributed by atoms with Gasteiger partial charge in [0.25, 0.3) is 0 Å². The highest BCUT2D eigenvalue weighted by Gasteiger charge is 2.30. The Labute approximate surface area is 197 Å². The molecule has 0 saturated heterocycles. The zero-order valence-electron chi connectivity index (χ0n) is 19.3. The van der Waals surface area contributed by atoms with Crippen molar-refractivity contribution in [3.63, 3.8) is 0 Å². The predicted molar refractivity (Wildman–Crippen MR) is 124 cm³/mol. The Balaban J connectivity index is 1.90. The van der Waals surface area contributed by atoms with Gasteiger partial charge in [-0.3, -0.25) is 4.68 Å². The van der Waals surface area contributed by atoms with E-state index in [4.69, 9.17) is 0 Å². The van der Waals surface area contributed by atoms with E-state index < -0.39 is 21.8 Å². The van der Waals surface area contributed by atoms with E-state index in [1.54, 1.807) is 19.2 Å². The molecule has 0 amide bonds. The third-order valence-electron chi connectivity index (χ3n) is 5.17. The summed E-state index contributed by atoms with van der Waals surface area (Å²) < 4.78 is 67.2. The third-order valence-corrected chi connectivity index (χ3v) is 7.02. The van der Waals surface area contributed by atoms with E-state index in [0.29, 0.717) is 35.5 Å². The van der Waals surface area contributed by atoms with Crippen LogP contribution in [0, 0.1) is 11.8 Å². The maximum atomic E-state index is 12.9. The predicted octanol–water partition coefficient (Wildman–Crippen LogP) is 3.69. The average Bonchev–Trinajstić information content (AvgIpc) is 3.15. The van der Waals surface area contributed by atoms with Crippen LogP contribution in [-0.2, 0) is 23.2 Å². The number of rotatable bonds is 6. The molecule has 2 aromatic carbocycles. The molecule has 34 heavy (non-hydrogen) atoms. The summed E-state index contributed by atoms with van der Waals surface area (Å²) >= 11 is 0.